The maximum absolute atomic E-state index is 2.36. The largest absolute Gasteiger partial charge is 0.306 e. The molecule has 1 aliphatic rings. The molecule has 0 aromatic rings. The first-order valence-corrected chi connectivity index (χ1v) is 2.58. The van der Waals surface area contributed by atoms with E-state index in [-0.39, 0.29) is 32.7 Å². The van der Waals surface area contributed by atoms with Crippen LogP contribution in [0.1, 0.15) is 12.8 Å². The Labute approximate surface area is 70.3 Å². The van der Waals surface area contributed by atoms with Crippen LogP contribution in [-0.2, 0) is 32.7 Å². The number of hydrogen-bond acceptors (Lipinski definition) is 1. The van der Waals surface area contributed by atoms with Gasteiger partial charge in [-0.05, 0) is 33.0 Å². The molecule has 0 N–H and O–H groups in total. The Morgan fingerprint density at radius 2 is 1.57 bits per heavy atom. The van der Waals surface area contributed by atoms with E-state index in [9.17, 15) is 0 Å². The van der Waals surface area contributed by atoms with Crippen LogP contribution in [-0.4, -0.2) is 25.0 Å². The molecule has 0 aromatic carbocycles. The zero-order valence-electron chi connectivity index (χ0n) is 4.85. The van der Waals surface area contributed by atoms with Gasteiger partial charge in [0.15, 0.2) is 0 Å². The van der Waals surface area contributed by atoms with Gasteiger partial charge in [0.2, 0.25) is 0 Å². The van der Waals surface area contributed by atoms with Crippen molar-refractivity contribution in [3.05, 3.63) is 0 Å². The van der Waals surface area contributed by atoms with Crippen LogP contribution in [0, 0.1) is 0 Å². The van der Waals surface area contributed by atoms with Gasteiger partial charge < -0.3 is 4.90 Å². The van der Waals surface area contributed by atoms with Crippen molar-refractivity contribution in [3.8, 4) is 0 Å². The molecule has 1 radical (unpaired) electrons. The Morgan fingerprint density at radius 3 is 1.71 bits per heavy atom. The van der Waals surface area contributed by atoms with Gasteiger partial charge in [-0.25, -0.2) is 0 Å². The second-order valence-electron chi connectivity index (χ2n) is 2.01. The average Bonchev–Trinajstić information content (AvgIpc) is 1.86. The second-order valence-corrected chi connectivity index (χ2v) is 2.01. The first kappa shape index (κ1) is 8.06. The number of likely N-dealkylation sites (tertiary alicyclic amines) is 1. The van der Waals surface area contributed by atoms with Crippen LogP contribution < -0.4 is 0 Å². The molecule has 1 saturated heterocycles. The van der Waals surface area contributed by atoms with E-state index in [2.05, 4.69) is 11.9 Å². The first-order chi connectivity index (χ1) is 2.89. The molecule has 0 aliphatic carbocycles. The average molecular weight is 174 g/mol. The van der Waals surface area contributed by atoms with Crippen molar-refractivity contribution < 1.29 is 32.7 Å². The third-order valence-corrected chi connectivity index (χ3v) is 1.33. The Kier molecular flexibility index (Phi) is 4.60. The minimum Gasteiger partial charge on any atom is -0.306 e. The number of hydrogen-bond donors (Lipinski definition) is 0. The molecule has 0 spiro atoms. The molecule has 7 heavy (non-hydrogen) atoms. The topological polar surface area (TPSA) is 3.24 Å². The smallest absolute Gasteiger partial charge is 0 e. The molecular formula is C5H11NY. The van der Waals surface area contributed by atoms with Gasteiger partial charge in [0.1, 0.15) is 0 Å². The predicted molar refractivity (Wildman–Crippen MR) is 26.7 cm³/mol. The fourth-order valence-electron chi connectivity index (χ4n) is 0.875. The second kappa shape index (κ2) is 3.99. The van der Waals surface area contributed by atoms with Gasteiger partial charge >= 0.3 is 0 Å². The fraction of sp³-hybridized carbons (Fsp3) is 1.00. The van der Waals surface area contributed by atoms with Gasteiger partial charge in [0.05, 0.1) is 0 Å². The van der Waals surface area contributed by atoms with E-state index in [1.54, 1.807) is 0 Å². The van der Waals surface area contributed by atoms with Gasteiger partial charge in [0.25, 0.3) is 0 Å². The van der Waals surface area contributed by atoms with Crippen molar-refractivity contribution in [1.29, 1.82) is 0 Å². The summed E-state index contributed by atoms with van der Waals surface area (Å²) in [5, 5.41) is 0. The van der Waals surface area contributed by atoms with Crippen molar-refractivity contribution in [3.63, 3.8) is 0 Å². The van der Waals surface area contributed by atoms with Gasteiger partial charge in [-0.1, -0.05) is 0 Å². The molecule has 0 aromatic heterocycles. The monoisotopic (exact) mass is 174 g/mol. The molecule has 0 saturated carbocycles. The molecule has 1 fully saturated rings. The van der Waals surface area contributed by atoms with Crippen LogP contribution in [0.3, 0.4) is 0 Å². The van der Waals surface area contributed by atoms with Crippen molar-refractivity contribution in [1.82, 2.24) is 4.90 Å². The molecule has 1 heterocycles. The summed E-state index contributed by atoms with van der Waals surface area (Å²) >= 11 is 0. The normalized spacial score (nSPS) is 21.9. The molecule has 39 valence electrons. The van der Waals surface area contributed by atoms with Gasteiger partial charge in [-0.3, -0.25) is 0 Å². The summed E-state index contributed by atoms with van der Waals surface area (Å²) in [6.45, 7) is 2.64. The van der Waals surface area contributed by atoms with Crippen molar-refractivity contribution >= 4 is 0 Å². The van der Waals surface area contributed by atoms with E-state index < -0.39 is 0 Å². The predicted octanol–water partition coefficient (Wildman–Crippen LogP) is 0.710. The van der Waals surface area contributed by atoms with Crippen LogP contribution in [0.4, 0.5) is 0 Å². The summed E-state index contributed by atoms with van der Waals surface area (Å²) in [7, 11) is 2.17. The molecular weight excluding hydrogens is 163 g/mol. The van der Waals surface area contributed by atoms with E-state index in [1.165, 1.54) is 25.9 Å². The summed E-state index contributed by atoms with van der Waals surface area (Å²) in [4.78, 5) is 2.36. The molecule has 1 nitrogen and oxygen atoms in total. The van der Waals surface area contributed by atoms with Crippen molar-refractivity contribution in [2.75, 3.05) is 20.1 Å². The summed E-state index contributed by atoms with van der Waals surface area (Å²) in [6, 6.07) is 0. The molecule has 1 aliphatic heterocycles. The SMILES string of the molecule is CN1CCCC1.[Y]. The summed E-state index contributed by atoms with van der Waals surface area (Å²) in [5.74, 6) is 0. The minimum atomic E-state index is 0. The van der Waals surface area contributed by atoms with Crippen LogP contribution in [0.5, 0.6) is 0 Å². The summed E-state index contributed by atoms with van der Waals surface area (Å²) in [6.07, 6.45) is 2.83. The molecule has 0 bridgehead atoms. The molecule has 2 heteroatoms. The van der Waals surface area contributed by atoms with E-state index in [4.69, 9.17) is 0 Å². The van der Waals surface area contributed by atoms with Gasteiger partial charge in [-0.2, -0.15) is 0 Å². The Bertz CT molecular complexity index is 41.3. The van der Waals surface area contributed by atoms with Gasteiger partial charge in [0, 0.05) is 32.7 Å². The maximum Gasteiger partial charge on any atom is 0 e. The first-order valence-electron chi connectivity index (χ1n) is 2.58. The Hall–Kier alpha value is 1.06. The Balaban J connectivity index is 0.000000360. The van der Waals surface area contributed by atoms with Crippen LogP contribution in [0.2, 0.25) is 0 Å². The summed E-state index contributed by atoms with van der Waals surface area (Å²) < 4.78 is 0. The number of rotatable bonds is 0. The molecule has 0 amide bonds. The molecule has 1 rings (SSSR count). The van der Waals surface area contributed by atoms with Gasteiger partial charge in [-0.15, -0.1) is 0 Å². The van der Waals surface area contributed by atoms with Crippen molar-refractivity contribution in [2.45, 2.75) is 12.8 Å². The van der Waals surface area contributed by atoms with Crippen LogP contribution >= 0.6 is 0 Å². The third kappa shape index (κ3) is 2.79. The quantitative estimate of drug-likeness (QED) is 0.522. The van der Waals surface area contributed by atoms with E-state index in [1.807, 2.05) is 0 Å². The fourth-order valence-corrected chi connectivity index (χ4v) is 0.875. The van der Waals surface area contributed by atoms with Crippen LogP contribution in [0.25, 0.3) is 0 Å². The van der Waals surface area contributed by atoms with Crippen LogP contribution in [0.15, 0.2) is 0 Å². The van der Waals surface area contributed by atoms with E-state index in [0.717, 1.165) is 0 Å². The third-order valence-electron chi connectivity index (χ3n) is 1.33. The van der Waals surface area contributed by atoms with E-state index in [0.29, 0.717) is 0 Å². The minimum absolute atomic E-state index is 0. The maximum atomic E-state index is 2.36. The molecule has 0 unspecified atom stereocenters. The zero-order valence-corrected chi connectivity index (χ0v) is 7.69. The zero-order chi connectivity index (χ0) is 4.41. The standard InChI is InChI=1S/C5H11N.Y/c1-6-4-2-3-5-6;/h2-5H2,1H3;. The number of nitrogens with zero attached hydrogens (tertiary/aromatic N) is 1. The van der Waals surface area contributed by atoms with E-state index >= 15 is 0 Å². The summed E-state index contributed by atoms with van der Waals surface area (Å²) in [5.41, 5.74) is 0. The Morgan fingerprint density at radius 1 is 1.14 bits per heavy atom. The van der Waals surface area contributed by atoms with Crippen molar-refractivity contribution in [2.24, 2.45) is 0 Å². The molecule has 0 atom stereocenters.